The van der Waals surface area contributed by atoms with Crippen LogP contribution < -0.4 is 0 Å². The Hall–Kier alpha value is -2.46. The van der Waals surface area contributed by atoms with Crippen molar-refractivity contribution < 1.29 is 9.90 Å². The highest BCUT2D eigenvalue weighted by Crippen LogP contribution is 2.26. The van der Waals surface area contributed by atoms with Crippen LogP contribution in [0.3, 0.4) is 0 Å². The van der Waals surface area contributed by atoms with Gasteiger partial charge in [0.05, 0.1) is 5.69 Å². The van der Waals surface area contributed by atoms with E-state index in [-0.39, 0.29) is 5.56 Å². The summed E-state index contributed by atoms with van der Waals surface area (Å²) in [5, 5.41) is 18.5. The van der Waals surface area contributed by atoms with Gasteiger partial charge in [0.15, 0.2) is 0 Å². The van der Waals surface area contributed by atoms with Crippen molar-refractivity contribution in [2.45, 2.75) is 24.6 Å². The molecule has 0 aliphatic heterocycles. The molecule has 0 aliphatic rings. The second kappa shape index (κ2) is 6.33. The molecule has 21 heavy (non-hydrogen) atoms. The number of rotatable bonds is 4. The van der Waals surface area contributed by atoms with Crippen molar-refractivity contribution in [1.82, 2.24) is 15.0 Å². The second-order valence-electron chi connectivity index (χ2n) is 4.29. The van der Waals surface area contributed by atoms with Crippen LogP contribution in [-0.4, -0.2) is 26.0 Å². The number of nitrogens with zero attached hydrogens (tertiary/aromatic N) is 4. The Labute approximate surface area is 125 Å². The number of thioether (sulfide) groups is 1. The Kier molecular flexibility index (Phi) is 4.50. The largest absolute Gasteiger partial charge is 0.478 e. The van der Waals surface area contributed by atoms with Gasteiger partial charge in [-0.1, -0.05) is 0 Å². The third-order valence-electron chi connectivity index (χ3n) is 2.70. The maximum Gasteiger partial charge on any atom is 0.340 e. The summed E-state index contributed by atoms with van der Waals surface area (Å²) in [7, 11) is 0. The third kappa shape index (κ3) is 3.55. The number of hydrogen-bond donors (Lipinski definition) is 1. The van der Waals surface area contributed by atoms with Crippen LogP contribution in [0.2, 0.25) is 0 Å². The number of carbonyl (C=O) groups is 1. The Morgan fingerprint density at radius 1 is 1.43 bits per heavy atom. The molecule has 2 heterocycles. The molecule has 2 aromatic rings. The summed E-state index contributed by atoms with van der Waals surface area (Å²) in [6.45, 7) is 3.38. The summed E-state index contributed by atoms with van der Waals surface area (Å²) in [6.07, 6.45) is 1.56. The summed E-state index contributed by atoms with van der Waals surface area (Å²) >= 11 is 1.31. The minimum Gasteiger partial charge on any atom is -0.478 e. The molecule has 0 bridgehead atoms. The van der Waals surface area contributed by atoms with E-state index in [1.165, 1.54) is 11.8 Å². The number of carboxylic acid groups (broad SMARTS) is 1. The van der Waals surface area contributed by atoms with E-state index in [0.717, 1.165) is 5.56 Å². The Morgan fingerprint density at radius 2 is 2.19 bits per heavy atom. The van der Waals surface area contributed by atoms with Crippen LogP contribution in [-0.2, 0) is 5.75 Å². The normalized spacial score (nSPS) is 10.1. The molecular formula is C14H12N4O2S. The Bertz CT molecular complexity index is 740. The van der Waals surface area contributed by atoms with Crippen molar-refractivity contribution >= 4 is 17.7 Å². The molecule has 106 valence electrons. The fourth-order valence-electron chi connectivity index (χ4n) is 1.81. The predicted molar refractivity (Wildman–Crippen MR) is 77.0 cm³/mol. The lowest BCUT2D eigenvalue weighted by molar-refractivity contribution is 0.0690. The molecule has 2 aromatic heterocycles. The van der Waals surface area contributed by atoms with Gasteiger partial charge < -0.3 is 5.11 Å². The van der Waals surface area contributed by atoms with Gasteiger partial charge in [0.2, 0.25) is 0 Å². The molecule has 0 radical (unpaired) electrons. The number of aromatic carboxylic acids is 1. The fraction of sp³-hybridized carbons (Fsp3) is 0.214. The maximum absolute atomic E-state index is 11.3. The lowest BCUT2D eigenvalue weighted by Gasteiger charge is -2.08. The van der Waals surface area contributed by atoms with E-state index in [1.54, 1.807) is 32.2 Å². The maximum atomic E-state index is 11.3. The molecular weight excluding hydrogens is 288 g/mol. The molecule has 0 atom stereocenters. The number of carboxylic acids is 1. The predicted octanol–water partition coefficient (Wildman–Crippen LogP) is 2.35. The number of nitriles is 1. The van der Waals surface area contributed by atoms with Crippen molar-refractivity contribution in [3.8, 4) is 6.07 Å². The number of aromatic nitrogens is 3. The Balaban J connectivity index is 2.27. The average Bonchev–Trinajstić information content (AvgIpc) is 2.44. The van der Waals surface area contributed by atoms with Gasteiger partial charge in [-0.05, 0) is 31.5 Å². The minimum absolute atomic E-state index is 0.125. The van der Waals surface area contributed by atoms with E-state index in [1.807, 2.05) is 6.07 Å². The molecule has 2 rings (SSSR count). The van der Waals surface area contributed by atoms with Gasteiger partial charge in [-0.25, -0.2) is 19.7 Å². The zero-order chi connectivity index (χ0) is 15.4. The monoisotopic (exact) mass is 300 g/mol. The van der Waals surface area contributed by atoms with E-state index in [2.05, 4.69) is 15.0 Å². The van der Waals surface area contributed by atoms with E-state index in [0.29, 0.717) is 28.0 Å². The summed E-state index contributed by atoms with van der Waals surface area (Å²) < 4.78 is 0. The van der Waals surface area contributed by atoms with Gasteiger partial charge in [-0.15, -0.1) is 11.8 Å². The Morgan fingerprint density at radius 3 is 2.86 bits per heavy atom. The highest BCUT2D eigenvalue weighted by molar-refractivity contribution is 7.98. The van der Waals surface area contributed by atoms with Gasteiger partial charge in [0, 0.05) is 11.9 Å². The van der Waals surface area contributed by atoms with Crippen molar-refractivity contribution in [3.63, 3.8) is 0 Å². The molecule has 0 amide bonds. The summed E-state index contributed by atoms with van der Waals surface area (Å²) in [5.74, 6) is 0.00258. The average molecular weight is 300 g/mol. The number of aryl methyl sites for hydroxylation is 2. The highest BCUT2D eigenvalue weighted by Gasteiger charge is 2.17. The van der Waals surface area contributed by atoms with E-state index >= 15 is 0 Å². The van der Waals surface area contributed by atoms with Crippen LogP contribution in [0.4, 0.5) is 0 Å². The molecule has 0 aromatic carbocycles. The van der Waals surface area contributed by atoms with Gasteiger partial charge in [0.1, 0.15) is 28.2 Å². The standard InChI is InChI=1S/C14H12N4O2S/c1-8-12(14(19)20)13(18-9(2)17-8)21-7-10-3-4-16-11(5-10)6-15/h3-5H,7H2,1-2H3,(H,19,20). The van der Waals surface area contributed by atoms with Crippen LogP contribution in [0.25, 0.3) is 0 Å². The first kappa shape index (κ1) is 14.9. The molecule has 0 unspecified atom stereocenters. The van der Waals surface area contributed by atoms with E-state index < -0.39 is 5.97 Å². The number of pyridine rings is 1. The molecule has 0 saturated carbocycles. The van der Waals surface area contributed by atoms with Crippen LogP contribution in [0.15, 0.2) is 23.4 Å². The lowest BCUT2D eigenvalue weighted by Crippen LogP contribution is -2.08. The van der Waals surface area contributed by atoms with Crippen LogP contribution in [0, 0.1) is 25.2 Å². The molecule has 1 N–H and O–H groups in total. The summed E-state index contributed by atoms with van der Waals surface area (Å²) in [4.78, 5) is 23.5. The minimum atomic E-state index is -1.04. The van der Waals surface area contributed by atoms with Crippen LogP contribution >= 0.6 is 11.8 Å². The van der Waals surface area contributed by atoms with Crippen molar-refractivity contribution in [2.75, 3.05) is 0 Å². The molecule has 0 spiro atoms. The number of hydrogen-bond acceptors (Lipinski definition) is 6. The SMILES string of the molecule is Cc1nc(C)c(C(=O)O)c(SCc2ccnc(C#N)c2)n1. The lowest BCUT2D eigenvalue weighted by atomic mass is 10.2. The van der Waals surface area contributed by atoms with Gasteiger partial charge >= 0.3 is 5.97 Å². The van der Waals surface area contributed by atoms with Crippen molar-refractivity contribution in [3.05, 3.63) is 46.7 Å². The summed E-state index contributed by atoms with van der Waals surface area (Å²) in [5.41, 5.74) is 1.79. The van der Waals surface area contributed by atoms with Crippen LogP contribution in [0.1, 0.15) is 33.1 Å². The molecule has 0 aliphatic carbocycles. The topological polar surface area (TPSA) is 99.8 Å². The summed E-state index contributed by atoms with van der Waals surface area (Å²) in [6, 6.07) is 5.44. The first-order valence-electron chi connectivity index (χ1n) is 6.07. The highest BCUT2D eigenvalue weighted by atomic mass is 32.2. The molecule has 0 fully saturated rings. The molecule has 0 saturated heterocycles. The van der Waals surface area contributed by atoms with Crippen molar-refractivity contribution in [1.29, 1.82) is 5.26 Å². The first-order chi connectivity index (χ1) is 10.0. The van der Waals surface area contributed by atoms with Crippen LogP contribution in [0.5, 0.6) is 0 Å². The van der Waals surface area contributed by atoms with Crippen molar-refractivity contribution in [2.24, 2.45) is 0 Å². The smallest absolute Gasteiger partial charge is 0.340 e. The fourth-order valence-corrected chi connectivity index (χ4v) is 2.87. The zero-order valence-electron chi connectivity index (χ0n) is 11.5. The first-order valence-corrected chi connectivity index (χ1v) is 7.06. The van der Waals surface area contributed by atoms with Gasteiger partial charge in [-0.2, -0.15) is 5.26 Å². The quantitative estimate of drug-likeness (QED) is 0.683. The van der Waals surface area contributed by atoms with Gasteiger partial charge in [0.25, 0.3) is 0 Å². The molecule has 7 heteroatoms. The zero-order valence-corrected chi connectivity index (χ0v) is 12.3. The second-order valence-corrected chi connectivity index (χ2v) is 5.26. The van der Waals surface area contributed by atoms with Gasteiger partial charge in [-0.3, -0.25) is 0 Å². The molecule has 6 nitrogen and oxygen atoms in total. The third-order valence-corrected chi connectivity index (χ3v) is 3.74. The van der Waals surface area contributed by atoms with E-state index in [9.17, 15) is 9.90 Å². The van der Waals surface area contributed by atoms with E-state index in [4.69, 9.17) is 5.26 Å².